The Balaban J connectivity index is 1.92. The third-order valence-electron chi connectivity index (χ3n) is 8.63. The summed E-state index contributed by atoms with van der Waals surface area (Å²) < 4.78 is 0. The highest BCUT2D eigenvalue weighted by Crippen LogP contribution is 2.41. The number of carbonyl (C=O) groups is 1. The topological polar surface area (TPSA) is 37.3 Å². The number of hydrogen-bond donors (Lipinski definition) is 1. The maximum atomic E-state index is 12.4. The number of rotatable bonds is 10. The molecule has 1 atom stereocenters. The van der Waals surface area contributed by atoms with Crippen LogP contribution < -0.4 is 0 Å². The fraction of sp³-hybridized carbons (Fsp3) is 0.425. The first-order valence-corrected chi connectivity index (χ1v) is 15.4. The molecule has 0 spiro atoms. The molecule has 2 rings (SSSR count). The SMILES string of the molecule is CC1=C(/C=C/C(C)=C/C=C/C(C)=C/C=C/C=C(C)/C=C/C=C(C)/C=C/C2=C(C)CC[C@H](O)C2(C)C)C(C)(C)C(=O)CC1. The van der Waals surface area contributed by atoms with Crippen LogP contribution in [-0.2, 0) is 4.79 Å². The molecule has 0 amide bonds. The van der Waals surface area contributed by atoms with Crippen molar-refractivity contribution in [1.29, 1.82) is 0 Å². The predicted molar refractivity (Wildman–Crippen MR) is 183 cm³/mol. The Morgan fingerprint density at radius 2 is 1.07 bits per heavy atom. The van der Waals surface area contributed by atoms with Gasteiger partial charge in [0, 0.05) is 17.3 Å². The van der Waals surface area contributed by atoms with Gasteiger partial charge in [-0.15, -0.1) is 0 Å². The second kappa shape index (κ2) is 15.8. The molecule has 0 radical (unpaired) electrons. The molecule has 0 aromatic carbocycles. The van der Waals surface area contributed by atoms with Crippen molar-refractivity contribution in [2.75, 3.05) is 0 Å². The molecule has 0 saturated heterocycles. The van der Waals surface area contributed by atoms with E-state index in [1.165, 1.54) is 33.4 Å². The number of carbonyl (C=O) groups excluding carboxylic acids is 1. The Morgan fingerprint density at radius 1 is 0.643 bits per heavy atom. The molecule has 0 aromatic heterocycles. The summed E-state index contributed by atoms with van der Waals surface area (Å²) in [7, 11) is 0. The molecule has 226 valence electrons. The van der Waals surface area contributed by atoms with Gasteiger partial charge in [-0.05, 0) is 85.8 Å². The smallest absolute Gasteiger partial charge is 0.143 e. The average molecular weight is 567 g/mol. The van der Waals surface area contributed by atoms with Gasteiger partial charge in [-0.3, -0.25) is 4.79 Å². The first kappa shape index (κ1) is 35.0. The minimum atomic E-state index is -0.397. The lowest BCUT2D eigenvalue weighted by molar-refractivity contribution is -0.125. The van der Waals surface area contributed by atoms with Gasteiger partial charge in [-0.2, -0.15) is 0 Å². The molecule has 0 aromatic rings. The number of Topliss-reactive ketones (excluding diaryl/α,β-unsaturated/α-hetero) is 1. The van der Waals surface area contributed by atoms with E-state index in [-0.39, 0.29) is 11.5 Å². The Bertz CT molecular complexity index is 1330. The molecular weight excluding hydrogens is 512 g/mol. The van der Waals surface area contributed by atoms with Crippen LogP contribution in [-0.4, -0.2) is 17.0 Å². The highest BCUT2D eigenvalue weighted by atomic mass is 16.3. The molecule has 42 heavy (non-hydrogen) atoms. The fourth-order valence-electron chi connectivity index (χ4n) is 5.49. The molecule has 0 unspecified atom stereocenters. The summed E-state index contributed by atoms with van der Waals surface area (Å²) in [5.41, 5.74) is 9.18. The molecule has 0 bridgehead atoms. The molecule has 2 aliphatic carbocycles. The summed E-state index contributed by atoms with van der Waals surface area (Å²) in [6, 6.07) is 0. The van der Waals surface area contributed by atoms with Crippen molar-refractivity contribution in [3.8, 4) is 0 Å². The zero-order valence-corrected chi connectivity index (χ0v) is 27.8. The van der Waals surface area contributed by atoms with E-state index in [4.69, 9.17) is 0 Å². The lowest BCUT2D eigenvalue weighted by atomic mass is 9.70. The van der Waals surface area contributed by atoms with Gasteiger partial charge in [0.2, 0.25) is 0 Å². The average Bonchev–Trinajstić information content (AvgIpc) is 2.91. The van der Waals surface area contributed by atoms with Gasteiger partial charge in [0.25, 0.3) is 0 Å². The highest BCUT2D eigenvalue weighted by Gasteiger charge is 2.35. The Kier molecular flexibility index (Phi) is 13.2. The normalized spacial score (nSPS) is 23.3. The molecule has 2 aliphatic rings. The van der Waals surface area contributed by atoms with Crippen molar-refractivity contribution < 1.29 is 9.90 Å². The van der Waals surface area contributed by atoms with Crippen LogP contribution in [0.15, 0.2) is 130 Å². The number of hydrogen-bond acceptors (Lipinski definition) is 2. The summed E-state index contributed by atoms with van der Waals surface area (Å²) in [5.74, 6) is 0.328. The van der Waals surface area contributed by atoms with Crippen LogP contribution in [0.1, 0.15) is 94.9 Å². The minimum Gasteiger partial charge on any atom is -0.392 e. The Hall–Kier alpha value is -3.23. The molecule has 0 fully saturated rings. The first-order chi connectivity index (χ1) is 19.7. The predicted octanol–water partition coefficient (Wildman–Crippen LogP) is 10.8. The fourth-order valence-corrected chi connectivity index (χ4v) is 5.49. The Labute approximate surface area is 256 Å². The van der Waals surface area contributed by atoms with E-state index in [0.717, 1.165) is 30.4 Å². The lowest BCUT2D eigenvalue weighted by Crippen LogP contribution is -2.34. The summed E-state index contributed by atoms with van der Waals surface area (Å²) in [6.45, 7) is 21.0. The van der Waals surface area contributed by atoms with Crippen LogP contribution in [0.5, 0.6) is 0 Å². The molecular formula is C40H54O2. The monoisotopic (exact) mass is 566 g/mol. The van der Waals surface area contributed by atoms with Crippen LogP contribution in [0.2, 0.25) is 0 Å². The maximum absolute atomic E-state index is 12.4. The Morgan fingerprint density at radius 3 is 1.60 bits per heavy atom. The third kappa shape index (κ3) is 10.2. The van der Waals surface area contributed by atoms with Gasteiger partial charge in [-0.1, -0.05) is 132 Å². The summed E-state index contributed by atoms with van der Waals surface area (Å²) in [5, 5.41) is 10.4. The van der Waals surface area contributed by atoms with Gasteiger partial charge in [0.1, 0.15) is 5.78 Å². The van der Waals surface area contributed by atoms with Crippen LogP contribution in [0, 0.1) is 10.8 Å². The second-order valence-corrected chi connectivity index (χ2v) is 13.1. The highest BCUT2D eigenvalue weighted by molar-refractivity contribution is 5.89. The van der Waals surface area contributed by atoms with E-state index in [2.05, 4.69) is 140 Å². The van der Waals surface area contributed by atoms with E-state index in [1.807, 2.05) is 13.8 Å². The first-order valence-electron chi connectivity index (χ1n) is 15.4. The van der Waals surface area contributed by atoms with E-state index < -0.39 is 5.41 Å². The van der Waals surface area contributed by atoms with Gasteiger partial charge in [-0.25, -0.2) is 0 Å². The van der Waals surface area contributed by atoms with Crippen molar-refractivity contribution in [3.05, 3.63) is 130 Å². The van der Waals surface area contributed by atoms with Crippen LogP contribution in [0.3, 0.4) is 0 Å². The number of aliphatic hydroxyl groups is 1. The zero-order valence-electron chi connectivity index (χ0n) is 27.8. The zero-order chi connectivity index (χ0) is 31.5. The van der Waals surface area contributed by atoms with Gasteiger partial charge >= 0.3 is 0 Å². The van der Waals surface area contributed by atoms with Crippen LogP contribution in [0.4, 0.5) is 0 Å². The van der Waals surface area contributed by atoms with Crippen molar-refractivity contribution >= 4 is 5.78 Å². The summed E-state index contributed by atoms with van der Waals surface area (Å²) in [4.78, 5) is 12.4. The second-order valence-electron chi connectivity index (χ2n) is 13.1. The van der Waals surface area contributed by atoms with Gasteiger partial charge in [0.05, 0.1) is 6.10 Å². The number of aliphatic hydroxyl groups excluding tert-OH is 1. The largest absolute Gasteiger partial charge is 0.392 e. The van der Waals surface area contributed by atoms with Crippen LogP contribution >= 0.6 is 0 Å². The lowest BCUT2D eigenvalue weighted by Gasteiger charge is -2.37. The van der Waals surface area contributed by atoms with E-state index in [0.29, 0.717) is 12.2 Å². The van der Waals surface area contributed by atoms with E-state index in [9.17, 15) is 9.90 Å². The molecule has 0 saturated carbocycles. The van der Waals surface area contributed by atoms with E-state index >= 15 is 0 Å². The van der Waals surface area contributed by atoms with Gasteiger partial charge < -0.3 is 5.11 Å². The summed E-state index contributed by atoms with van der Waals surface area (Å²) in [6.07, 6.45) is 32.5. The third-order valence-corrected chi connectivity index (χ3v) is 8.63. The minimum absolute atomic E-state index is 0.205. The van der Waals surface area contributed by atoms with Crippen molar-refractivity contribution in [2.24, 2.45) is 10.8 Å². The summed E-state index contributed by atoms with van der Waals surface area (Å²) >= 11 is 0. The van der Waals surface area contributed by atoms with Crippen molar-refractivity contribution in [2.45, 2.75) is 101 Å². The standard InChI is InChI=1S/C40H54O2/c1-29(17-13-19-31(3)21-25-35-33(5)23-27-37(41)39(35,7)8)15-11-12-16-30(2)18-14-20-32(4)22-26-36-34(6)24-28-38(42)40(36,9)10/h11-22,25-26,37,41H,23-24,27-28H2,1-10H3/b12-11+,17-13+,18-14+,25-21+,26-22+,29-15+,30-16+,31-19+,32-20+/t37-/m0/s1. The molecule has 0 aliphatic heterocycles. The van der Waals surface area contributed by atoms with Crippen molar-refractivity contribution in [3.63, 3.8) is 0 Å². The van der Waals surface area contributed by atoms with Crippen molar-refractivity contribution in [1.82, 2.24) is 0 Å². The maximum Gasteiger partial charge on any atom is 0.143 e. The van der Waals surface area contributed by atoms with Crippen LogP contribution in [0.25, 0.3) is 0 Å². The quantitative estimate of drug-likeness (QED) is 0.267. The molecule has 2 nitrogen and oxygen atoms in total. The van der Waals surface area contributed by atoms with E-state index in [1.54, 1.807) is 0 Å². The molecule has 2 heteroatoms. The van der Waals surface area contributed by atoms with Gasteiger partial charge in [0.15, 0.2) is 0 Å². The number of ketones is 1. The number of allylic oxidation sites excluding steroid dienone is 21. The molecule has 1 N–H and O–H groups in total. The molecule has 0 heterocycles.